The van der Waals surface area contributed by atoms with Crippen LogP contribution in [0, 0.1) is 6.92 Å². The van der Waals surface area contributed by atoms with Crippen LogP contribution < -0.4 is 15.4 Å². The molecule has 0 saturated carbocycles. The van der Waals surface area contributed by atoms with Crippen molar-refractivity contribution in [3.8, 4) is 5.75 Å². The lowest BCUT2D eigenvalue weighted by atomic mass is 10.1. The van der Waals surface area contributed by atoms with E-state index in [-0.39, 0.29) is 30.2 Å². The number of anilines is 1. The van der Waals surface area contributed by atoms with Gasteiger partial charge in [0.25, 0.3) is 5.91 Å². The molecule has 1 aromatic heterocycles. The SMILES string of the molecule is COc1ccc(NC(=O)c2cnc([C@H]3CCN(C(=O)CNC(C)=O)C3)nc2C)cc1. The number of benzene rings is 1. The van der Waals surface area contributed by atoms with Crippen molar-refractivity contribution in [1.82, 2.24) is 20.2 Å². The molecule has 2 aromatic rings. The van der Waals surface area contributed by atoms with Crippen LogP contribution in [0.4, 0.5) is 5.69 Å². The number of likely N-dealkylation sites (tertiary alicyclic amines) is 1. The molecule has 1 aromatic carbocycles. The highest BCUT2D eigenvalue weighted by molar-refractivity contribution is 6.04. The van der Waals surface area contributed by atoms with Gasteiger partial charge in [-0.25, -0.2) is 9.97 Å². The Bertz CT molecular complexity index is 945. The Morgan fingerprint density at radius 2 is 1.97 bits per heavy atom. The zero-order chi connectivity index (χ0) is 21.7. The van der Waals surface area contributed by atoms with Gasteiger partial charge in [-0.05, 0) is 37.6 Å². The van der Waals surface area contributed by atoms with Crippen LogP contribution in [0.2, 0.25) is 0 Å². The van der Waals surface area contributed by atoms with E-state index in [1.165, 1.54) is 13.1 Å². The predicted octanol–water partition coefficient (Wildman–Crippen LogP) is 1.50. The molecule has 0 bridgehead atoms. The lowest BCUT2D eigenvalue weighted by Crippen LogP contribution is -2.38. The summed E-state index contributed by atoms with van der Waals surface area (Å²) in [6.45, 7) is 4.22. The van der Waals surface area contributed by atoms with Crippen molar-refractivity contribution in [2.45, 2.75) is 26.2 Å². The van der Waals surface area contributed by atoms with Crippen LogP contribution in [0.5, 0.6) is 5.75 Å². The molecule has 30 heavy (non-hydrogen) atoms. The summed E-state index contributed by atoms with van der Waals surface area (Å²) in [6, 6.07) is 7.04. The quantitative estimate of drug-likeness (QED) is 0.745. The van der Waals surface area contributed by atoms with Crippen LogP contribution in [0.25, 0.3) is 0 Å². The molecule has 158 valence electrons. The fourth-order valence-electron chi connectivity index (χ4n) is 3.29. The number of ether oxygens (including phenoxy) is 1. The van der Waals surface area contributed by atoms with Gasteiger partial charge in [-0.15, -0.1) is 0 Å². The molecule has 1 fully saturated rings. The molecule has 3 rings (SSSR count). The molecule has 1 aliphatic heterocycles. The Labute approximate surface area is 174 Å². The molecule has 1 saturated heterocycles. The van der Waals surface area contributed by atoms with Crippen molar-refractivity contribution in [2.75, 3.05) is 32.1 Å². The molecule has 9 nitrogen and oxygen atoms in total. The normalized spacial score (nSPS) is 15.6. The van der Waals surface area contributed by atoms with Crippen LogP contribution in [0.1, 0.15) is 41.1 Å². The first-order valence-electron chi connectivity index (χ1n) is 9.68. The summed E-state index contributed by atoms with van der Waals surface area (Å²) in [4.78, 5) is 46.3. The molecule has 0 spiro atoms. The summed E-state index contributed by atoms with van der Waals surface area (Å²) in [5.41, 5.74) is 1.62. The average Bonchev–Trinajstić information content (AvgIpc) is 3.22. The van der Waals surface area contributed by atoms with Gasteiger partial charge in [-0.2, -0.15) is 0 Å². The van der Waals surface area contributed by atoms with E-state index in [9.17, 15) is 14.4 Å². The van der Waals surface area contributed by atoms with E-state index < -0.39 is 0 Å². The third-order valence-electron chi connectivity index (χ3n) is 4.99. The summed E-state index contributed by atoms with van der Waals surface area (Å²) < 4.78 is 5.11. The van der Waals surface area contributed by atoms with Crippen molar-refractivity contribution >= 4 is 23.4 Å². The van der Waals surface area contributed by atoms with Crippen molar-refractivity contribution in [3.63, 3.8) is 0 Å². The number of nitrogens with zero attached hydrogens (tertiary/aromatic N) is 3. The Morgan fingerprint density at radius 3 is 2.60 bits per heavy atom. The van der Waals surface area contributed by atoms with E-state index >= 15 is 0 Å². The Balaban J connectivity index is 1.62. The fraction of sp³-hybridized carbons (Fsp3) is 0.381. The standard InChI is InChI=1S/C21H25N5O4/c1-13-18(21(29)25-16-4-6-17(30-3)7-5-16)10-23-20(24-13)15-8-9-26(12-15)19(28)11-22-14(2)27/h4-7,10,15H,8-9,11-12H2,1-3H3,(H,22,27)(H,25,29)/t15-/m0/s1. The van der Waals surface area contributed by atoms with Crippen LogP contribution in [0.15, 0.2) is 30.5 Å². The van der Waals surface area contributed by atoms with Gasteiger partial charge >= 0.3 is 0 Å². The minimum atomic E-state index is -0.289. The molecule has 9 heteroatoms. The number of nitrogens with one attached hydrogen (secondary N) is 2. The maximum Gasteiger partial charge on any atom is 0.259 e. The second-order valence-corrected chi connectivity index (χ2v) is 7.15. The minimum absolute atomic E-state index is 0.00341. The third-order valence-corrected chi connectivity index (χ3v) is 4.99. The van der Waals surface area contributed by atoms with Crippen molar-refractivity contribution in [2.24, 2.45) is 0 Å². The zero-order valence-electron chi connectivity index (χ0n) is 17.3. The van der Waals surface area contributed by atoms with E-state index in [1.54, 1.807) is 43.2 Å². The van der Waals surface area contributed by atoms with E-state index in [1.807, 2.05) is 0 Å². The highest BCUT2D eigenvalue weighted by atomic mass is 16.5. The smallest absolute Gasteiger partial charge is 0.259 e. The second kappa shape index (κ2) is 9.34. The summed E-state index contributed by atoms with van der Waals surface area (Å²) in [6.07, 6.45) is 2.26. The monoisotopic (exact) mass is 411 g/mol. The molecule has 1 atom stereocenters. The lowest BCUT2D eigenvalue weighted by Gasteiger charge is -2.16. The lowest BCUT2D eigenvalue weighted by molar-refractivity contribution is -0.131. The molecule has 0 unspecified atom stereocenters. The van der Waals surface area contributed by atoms with Crippen LogP contribution >= 0.6 is 0 Å². The van der Waals surface area contributed by atoms with E-state index in [0.717, 1.165) is 6.42 Å². The molecule has 2 heterocycles. The largest absolute Gasteiger partial charge is 0.497 e. The maximum atomic E-state index is 12.6. The van der Waals surface area contributed by atoms with E-state index in [4.69, 9.17) is 4.74 Å². The number of hydrogen-bond acceptors (Lipinski definition) is 6. The van der Waals surface area contributed by atoms with Crippen molar-refractivity contribution in [1.29, 1.82) is 0 Å². The van der Waals surface area contributed by atoms with Crippen molar-refractivity contribution < 1.29 is 19.1 Å². The van der Waals surface area contributed by atoms with Gasteiger partial charge in [-0.1, -0.05) is 0 Å². The topological polar surface area (TPSA) is 114 Å². The molecular formula is C21H25N5O4. The van der Waals surface area contributed by atoms with Gasteiger partial charge < -0.3 is 20.3 Å². The fourth-order valence-corrected chi connectivity index (χ4v) is 3.29. The molecule has 3 amide bonds. The average molecular weight is 411 g/mol. The number of hydrogen-bond donors (Lipinski definition) is 2. The summed E-state index contributed by atoms with van der Waals surface area (Å²) in [7, 11) is 1.58. The first kappa shape index (κ1) is 21.2. The van der Waals surface area contributed by atoms with E-state index in [2.05, 4.69) is 20.6 Å². The van der Waals surface area contributed by atoms with Gasteiger partial charge in [0.1, 0.15) is 11.6 Å². The molecular weight excluding hydrogens is 386 g/mol. The zero-order valence-corrected chi connectivity index (χ0v) is 17.3. The summed E-state index contributed by atoms with van der Waals surface area (Å²) >= 11 is 0. The Morgan fingerprint density at radius 1 is 1.23 bits per heavy atom. The minimum Gasteiger partial charge on any atom is -0.497 e. The highest BCUT2D eigenvalue weighted by Crippen LogP contribution is 2.25. The number of aromatic nitrogens is 2. The van der Waals surface area contributed by atoms with Crippen LogP contribution in [-0.4, -0.2) is 59.3 Å². The first-order valence-corrected chi connectivity index (χ1v) is 9.68. The van der Waals surface area contributed by atoms with Gasteiger partial charge in [0.05, 0.1) is 24.9 Å². The third kappa shape index (κ3) is 5.11. The number of methoxy groups -OCH3 is 1. The van der Waals surface area contributed by atoms with Gasteiger partial charge in [0.15, 0.2) is 0 Å². The van der Waals surface area contributed by atoms with Gasteiger partial charge in [-0.3, -0.25) is 14.4 Å². The number of amides is 3. The molecule has 2 N–H and O–H groups in total. The maximum absolute atomic E-state index is 12.6. The molecule has 1 aliphatic rings. The van der Waals surface area contributed by atoms with Crippen molar-refractivity contribution in [3.05, 3.63) is 47.5 Å². The Kier molecular flexibility index (Phi) is 6.61. The molecule has 0 aliphatic carbocycles. The Hall–Kier alpha value is -3.49. The number of rotatable bonds is 6. The van der Waals surface area contributed by atoms with Crippen LogP contribution in [0.3, 0.4) is 0 Å². The number of carbonyl (C=O) groups excluding carboxylic acids is 3. The second-order valence-electron chi connectivity index (χ2n) is 7.15. The summed E-state index contributed by atoms with van der Waals surface area (Å²) in [5.74, 6) is 0.675. The summed E-state index contributed by atoms with van der Waals surface area (Å²) in [5, 5.41) is 5.34. The number of carbonyl (C=O) groups is 3. The highest BCUT2D eigenvalue weighted by Gasteiger charge is 2.29. The predicted molar refractivity (Wildman–Crippen MR) is 110 cm³/mol. The van der Waals surface area contributed by atoms with Gasteiger partial charge in [0, 0.05) is 37.8 Å². The van der Waals surface area contributed by atoms with Gasteiger partial charge in [0.2, 0.25) is 11.8 Å². The van der Waals surface area contributed by atoms with Crippen LogP contribution in [-0.2, 0) is 9.59 Å². The molecule has 0 radical (unpaired) electrons. The number of aryl methyl sites for hydroxylation is 1. The first-order chi connectivity index (χ1) is 14.4. The van der Waals surface area contributed by atoms with E-state index in [0.29, 0.717) is 41.6 Å².